The highest BCUT2D eigenvalue weighted by Crippen LogP contribution is 1.53. The van der Waals surface area contributed by atoms with Crippen LogP contribution in [-0.2, 0) is 0 Å². The second kappa shape index (κ2) is 0.839. The molecule has 0 saturated carbocycles. The van der Waals surface area contributed by atoms with E-state index >= 15 is 0 Å². The first kappa shape index (κ1) is 2.38. The molecule has 3 nitrogen and oxygen atoms in total. The van der Waals surface area contributed by atoms with Gasteiger partial charge in [-0.05, 0) is 0 Å². The summed E-state index contributed by atoms with van der Waals surface area (Å²) in [6.07, 6.45) is 2.96. The molecule has 0 bridgehead atoms. The van der Waals surface area contributed by atoms with Gasteiger partial charge in [0.05, 0.1) is 0 Å². The van der Waals surface area contributed by atoms with Gasteiger partial charge in [0, 0.05) is 0 Å². The van der Waals surface area contributed by atoms with E-state index in [2.05, 4.69) is 15.2 Å². The van der Waals surface area contributed by atoms with Gasteiger partial charge >= 0.3 is 0 Å². The number of nitrogens with zero attached hydrogens (tertiary/aromatic N) is 2. The largest absolute Gasteiger partial charge is 0.266 e. The quantitative estimate of drug-likeness (QED) is 0.463. The molecule has 0 amide bonds. The Hall–Kier alpha value is -0.860. The first-order valence-corrected chi connectivity index (χ1v) is 1.29. The number of hydrogen-bond acceptors (Lipinski definition) is 2. The Bertz CT molecular complexity index is 61.4. The summed E-state index contributed by atoms with van der Waals surface area (Å²) in [5.41, 5.74) is 0. The van der Waals surface area contributed by atoms with Crippen LogP contribution in [0, 0.1) is 0 Å². The third-order valence-corrected chi connectivity index (χ3v) is 0.331. The van der Waals surface area contributed by atoms with Gasteiger partial charge in [-0.25, -0.2) is 4.98 Å². The van der Waals surface area contributed by atoms with Crippen molar-refractivity contribution in [3.63, 3.8) is 0 Å². The summed E-state index contributed by atoms with van der Waals surface area (Å²) < 4.78 is 0. The lowest BCUT2D eigenvalue weighted by Gasteiger charge is -1.46. The minimum absolute atomic E-state index is 1.44. The molecule has 1 aromatic heterocycles. The van der Waals surface area contributed by atoms with Crippen molar-refractivity contribution in [3.05, 3.63) is 12.7 Å². The molecule has 0 aliphatic heterocycles. The molecule has 1 heterocycles. The smallest absolute Gasteiger partial charge is 0.137 e. The molecule has 0 spiro atoms. The Morgan fingerprint density at radius 1 is 1.60 bits per heavy atom. The van der Waals surface area contributed by atoms with Gasteiger partial charge in [-0.1, -0.05) is 0 Å². The molecule has 1 aromatic rings. The van der Waals surface area contributed by atoms with Crippen LogP contribution in [0.2, 0.25) is 0 Å². The highest BCUT2D eigenvalue weighted by molar-refractivity contribution is 4.43. The van der Waals surface area contributed by atoms with Crippen molar-refractivity contribution in [2.75, 3.05) is 0 Å². The Balaban J connectivity index is 3.13. The van der Waals surface area contributed by atoms with Crippen LogP contribution in [0.1, 0.15) is 0 Å². The van der Waals surface area contributed by atoms with Gasteiger partial charge in [0.1, 0.15) is 12.7 Å². The first-order valence-electron chi connectivity index (χ1n) is 1.29. The zero-order valence-corrected chi connectivity index (χ0v) is 2.55. The van der Waals surface area contributed by atoms with Crippen molar-refractivity contribution in [2.24, 2.45) is 0 Å². The molecule has 0 fully saturated rings. The van der Waals surface area contributed by atoms with Crippen molar-refractivity contribution in [2.45, 2.75) is 0 Å². The third kappa shape index (κ3) is 0.238. The van der Waals surface area contributed by atoms with Gasteiger partial charge in [0.25, 0.3) is 0 Å². The van der Waals surface area contributed by atoms with Gasteiger partial charge in [-0.2, -0.15) is 5.10 Å². The molecule has 1 rings (SSSR count). The number of rotatable bonds is 0. The van der Waals surface area contributed by atoms with Gasteiger partial charge in [0.2, 0.25) is 0 Å². The Morgan fingerprint density at radius 2 is 2.60 bits per heavy atom. The first-order chi connectivity index (χ1) is 2.50. The number of H-pyrrole nitrogens is 1. The maximum Gasteiger partial charge on any atom is 0.137 e. The van der Waals surface area contributed by atoms with E-state index in [0.29, 0.717) is 0 Å². The summed E-state index contributed by atoms with van der Waals surface area (Å²) in [5.74, 6) is 0. The van der Waals surface area contributed by atoms with E-state index in [1.54, 1.807) is 0 Å². The Kier molecular flexibility index (Phi) is 0.400. The molecule has 26 valence electrons. The van der Waals surface area contributed by atoms with Gasteiger partial charge in [-0.15, -0.1) is 0 Å². The summed E-state index contributed by atoms with van der Waals surface area (Å²) in [7, 11) is 0. The molecule has 0 atom stereocenters. The molecule has 3 heteroatoms. The van der Waals surface area contributed by atoms with Crippen LogP contribution >= 0.6 is 0 Å². The zero-order chi connectivity index (χ0) is 3.54. The average Bonchev–Trinajstić information content (AvgIpc) is 1.76. The maximum absolute atomic E-state index is 3.56. The van der Waals surface area contributed by atoms with Crippen molar-refractivity contribution in [1.29, 1.82) is 0 Å². The minimum atomic E-state index is 1.44. The van der Waals surface area contributed by atoms with E-state index in [1.165, 1.54) is 12.7 Å². The molecule has 0 saturated heterocycles. The van der Waals surface area contributed by atoms with Crippen molar-refractivity contribution >= 4 is 0 Å². The SMILES string of the molecule is [13cH]1[15n][13cH][15nH][15n]1. The highest BCUT2D eigenvalue weighted by atomic mass is 16.2. The molecular weight excluding hydrogens is 71.0 g/mol. The lowest BCUT2D eigenvalue weighted by molar-refractivity contribution is 1.09. The van der Waals surface area contributed by atoms with Crippen LogP contribution in [0.5, 0.6) is 0 Å². The molecular formula is C2H3N3. The number of aromatic nitrogens is 3. The standard InChI is InChI=1S/C2H3N3/c1-3-2-5-4-1/h1-2H,(H,3,4,5)/i1+1,2+1,3+1,4+1,5+1. The second-order valence-electron chi connectivity index (χ2n) is 0.652. The molecule has 0 unspecified atom stereocenters. The van der Waals surface area contributed by atoms with Gasteiger partial charge < -0.3 is 0 Å². The third-order valence-electron chi connectivity index (χ3n) is 0.331. The van der Waals surface area contributed by atoms with Crippen molar-refractivity contribution in [1.82, 2.24) is 15.2 Å². The Morgan fingerprint density at radius 3 is 2.80 bits per heavy atom. The molecule has 0 aliphatic rings. The van der Waals surface area contributed by atoms with Crippen molar-refractivity contribution in [3.8, 4) is 0 Å². The van der Waals surface area contributed by atoms with Crippen LogP contribution in [-0.4, -0.2) is 15.2 Å². The number of nitrogens with one attached hydrogen (secondary N) is 1. The zero-order valence-electron chi connectivity index (χ0n) is 2.55. The molecule has 5 heavy (non-hydrogen) atoms. The Labute approximate surface area is 29.0 Å². The van der Waals surface area contributed by atoms with E-state index in [-0.39, 0.29) is 0 Å². The molecule has 0 radical (unpaired) electrons. The molecule has 0 aromatic carbocycles. The van der Waals surface area contributed by atoms with Crippen LogP contribution in [0.4, 0.5) is 0 Å². The van der Waals surface area contributed by atoms with E-state index in [9.17, 15) is 0 Å². The van der Waals surface area contributed by atoms with E-state index < -0.39 is 0 Å². The van der Waals surface area contributed by atoms with Crippen LogP contribution in [0.15, 0.2) is 12.7 Å². The summed E-state index contributed by atoms with van der Waals surface area (Å²) in [4.78, 5) is 3.56. The topological polar surface area (TPSA) is 41.6 Å². The predicted molar refractivity (Wildman–Crippen MR) is 16.4 cm³/mol. The average molecular weight is 74.0 g/mol. The lowest BCUT2D eigenvalue weighted by atomic mass is 12.3. The van der Waals surface area contributed by atoms with E-state index in [4.69, 9.17) is 0 Å². The number of aromatic amines is 1. The van der Waals surface area contributed by atoms with Crippen molar-refractivity contribution < 1.29 is 0 Å². The fraction of sp³-hybridized carbons (Fsp3) is 0. The summed E-state index contributed by atoms with van der Waals surface area (Å²) in [6.45, 7) is 0. The van der Waals surface area contributed by atoms with Crippen LogP contribution in [0.25, 0.3) is 0 Å². The lowest BCUT2D eigenvalue weighted by Crippen LogP contribution is -1.53. The maximum atomic E-state index is 3.56. The fourth-order valence-electron chi connectivity index (χ4n) is 0.167. The molecule has 0 aliphatic carbocycles. The van der Waals surface area contributed by atoms with E-state index in [1.807, 2.05) is 0 Å². The van der Waals surface area contributed by atoms with Crippen LogP contribution < -0.4 is 0 Å². The van der Waals surface area contributed by atoms with Gasteiger partial charge in [0.15, 0.2) is 0 Å². The second-order valence-corrected chi connectivity index (χ2v) is 0.652. The molecule has 1 N–H and O–H groups in total. The summed E-state index contributed by atoms with van der Waals surface area (Å²) in [6, 6.07) is 0. The minimum Gasteiger partial charge on any atom is -0.266 e. The number of hydrogen-bond donors (Lipinski definition) is 1. The predicted octanol–water partition coefficient (Wildman–Crippen LogP) is -0.195. The normalized spacial score (nSPS) is 8.00. The van der Waals surface area contributed by atoms with E-state index in [0.717, 1.165) is 0 Å². The van der Waals surface area contributed by atoms with Gasteiger partial charge in [-0.3, -0.25) is 5.10 Å². The monoisotopic (exact) mass is 74.0 g/mol. The summed E-state index contributed by atoms with van der Waals surface area (Å²) >= 11 is 0. The highest BCUT2D eigenvalue weighted by Gasteiger charge is 1.57. The van der Waals surface area contributed by atoms with Crippen LogP contribution in [0.3, 0.4) is 0 Å². The fourth-order valence-corrected chi connectivity index (χ4v) is 0.167. The summed E-state index contributed by atoms with van der Waals surface area (Å²) in [5, 5.41) is 5.99.